The van der Waals surface area contributed by atoms with E-state index < -0.39 is 22.6 Å². The Balaban J connectivity index is 1.82. The second-order valence-corrected chi connectivity index (χ2v) is 7.43. The molecule has 0 atom stereocenters. The first-order chi connectivity index (χ1) is 13.8. The molecule has 0 unspecified atom stereocenters. The van der Waals surface area contributed by atoms with Crippen molar-refractivity contribution in [2.75, 3.05) is 11.9 Å². The third-order valence-corrected chi connectivity index (χ3v) is 5.51. The molecule has 10 heteroatoms. The number of rotatable bonds is 2. The van der Waals surface area contributed by atoms with Crippen LogP contribution in [0, 0.1) is 22.9 Å². The minimum atomic E-state index is -0.540. The minimum absolute atomic E-state index is 0.0982. The van der Waals surface area contributed by atoms with Crippen molar-refractivity contribution in [3.05, 3.63) is 68.4 Å². The molecule has 146 valence electrons. The number of halogens is 1. The largest absolute Gasteiger partial charge is 0.310 e. The summed E-state index contributed by atoms with van der Waals surface area (Å²) in [5.74, 6) is -1.36. The highest BCUT2D eigenvalue weighted by Gasteiger charge is 2.39. The maximum Gasteiger partial charge on any atom is 0.270 e. The lowest BCUT2D eigenvalue weighted by atomic mass is 10.0. The van der Waals surface area contributed by atoms with Gasteiger partial charge in [0.25, 0.3) is 17.5 Å². The number of hydrogen-bond donors (Lipinski definition) is 1. The van der Waals surface area contributed by atoms with Crippen molar-refractivity contribution in [1.82, 2.24) is 5.32 Å². The summed E-state index contributed by atoms with van der Waals surface area (Å²) < 4.78 is 13.1. The number of thioether (sulfide) groups is 1. The zero-order valence-corrected chi connectivity index (χ0v) is 16.0. The topological polar surface area (TPSA) is 105 Å². The van der Waals surface area contributed by atoms with Crippen LogP contribution in [0.4, 0.5) is 21.5 Å². The third kappa shape index (κ3) is 3.17. The summed E-state index contributed by atoms with van der Waals surface area (Å²) in [5, 5.41) is 14.1. The molecule has 29 heavy (non-hydrogen) atoms. The number of nitrogens with zero attached hydrogens (tertiary/aromatic N) is 3. The Morgan fingerprint density at radius 2 is 1.90 bits per heavy atom. The second-order valence-electron chi connectivity index (χ2n) is 6.43. The fourth-order valence-electron chi connectivity index (χ4n) is 3.28. The van der Waals surface area contributed by atoms with Crippen molar-refractivity contribution in [2.45, 2.75) is 6.92 Å². The van der Waals surface area contributed by atoms with E-state index >= 15 is 0 Å². The van der Waals surface area contributed by atoms with E-state index in [0.29, 0.717) is 22.5 Å². The second kappa shape index (κ2) is 6.82. The number of aliphatic imine (C=N–C) groups is 1. The van der Waals surface area contributed by atoms with Gasteiger partial charge in [0.2, 0.25) is 0 Å². The van der Waals surface area contributed by atoms with Crippen LogP contribution in [0.25, 0.3) is 5.57 Å². The molecule has 2 aliphatic rings. The summed E-state index contributed by atoms with van der Waals surface area (Å²) in [6, 6.07) is 8.09. The summed E-state index contributed by atoms with van der Waals surface area (Å²) in [6.07, 6.45) is 0. The molecule has 8 nitrogen and oxygen atoms in total. The van der Waals surface area contributed by atoms with E-state index in [4.69, 9.17) is 0 Å². The van der Waals surface area contributed by atoms with Crippen LogP contribution >= 0.6 is 11.8 Å². The molecule has 0 bridgehead atoms. The molecule has 0 spiro atoms. The number of anilines is 1. The molecule has 2 aromatic rings. The van der Waals surface area contributed by atoms with Crippen LogP contribution in [-0.2, 0) is 9.59 Å². The summed E-state index contributed by atoms with van der Waals surface area (Å²) in [7, 11) is 1.55. The molecule has 1 fully saturated rings. The number of carbonyl (C=O) groups excluding carboxylic acids is 2. The summed E-state index contributed by atoms with van der Waals surface area (Å²) in [5.41, 5.74) is 1.80. The number of nitrogens with one attached hydrogen (secondary N) is 1. The number of carbonyl (C=O) groups is 2. The van der Waals surface area contributed by atoms with Crippen LogP contribution in [0.1, 0.15) is 11.1 Å². The number of fused-ring (bicyclic) bond motifs is 1. The van der Waals surface area contributed by atoms with Crippen molar-refractivity contribution < 1.29 is 18.9 Å². The average molecular weight is 412 g/mol. The highest BCUT2D eigenvalue weighted by molar-refractivity contribution is 8.18. The first-order valence-electron chi connectivity index (χ1n) is 8.41. The van der Waals surface area contributed by atoms with Gasteiger partial charge in [-0.25, -0.2) is 9.38 Å². The van der Waals surface area contributed by atoms with Gasteiger partial charge in [-0.05, 0) is 48.5 Å². The molecule has 2 aromatic carbocycles. The number of nitro benzene ring substituents is 1. The number of nitro groups is 1. The van der Waals surface area contributed by atoms with E-state index in [1.54, 1.807) is 14.0 Å². The van der Waals surface area contributed by atoms with E-state index in [0.717, 1.165) is 11.8 Å². The van der Waals surface area contributed by atoms with Crippen LogP contribution in [-0.4, -0.2) is 29.0 Å². The van der Waals surface area contributed by atoms with Crippen molar-refractivity contribution in [1.29, 1.82) is 0 Å². The van der Waals surface area contributed by atoms with Gasteiger partial charge in [-0.15, -0.1) is 0 Å². The van der Waals surface area contributed by atoms with Gasteiger partial charge in [0.15, 0.2) is 5.17 Å². The van der Waals surface area contributed by atoms with Gasteiger partial charge in [0.1, 0.15) is 5.82 Å². The van der Waals surface area contributed by atoms with E-state index in [2.05, 4.69) is 10.3 Å². The summed E-state index contributed by atoms with van der Waals surface area (Å²) in [6.45, 7) is 1.67. The molecule has 0 saturated carbocycles. The highest BCUT2D eigenvalue weighted by atomic mass is 32.2. The van der Waals surface area contributed by atoms with Crippen LogP contribution in [0.15, 0.2) is 46.3 Å². The molecule has 4 rings (SSSR count). The Hall–Kier alpha value is -3.53. The van der Waals surface area contributed by atoms with Gasteiger partial charge < -0.3 is 10.2 Å². The van der Waals surface area contributed by atoms with Gasteiger partial charge in [0, 0.05) is 24.7 Å². The van der Waals surface area contributed by atoms with Crippen LogP contribution in [0.3, 0.4) is 0 Å². The van der Waals surface area contributed by atoms with Crippen LogP contribution < -0.4 is 10.2 Å². The number of amidine groups is 1. The third-order valence-electron chi connectivity index (χ3n) is 4.53. The van der Waals surface area contributed by atoms with Crippen molar-refractivity contribution in [3.63, 3.8) is 0 Å². The van der Waals surface area contributed by atoms with Crippen molar-refractivity contribution >= 4 is 51.4 Å². The Labute approximate surface area is 168 Å². The zero-order valence-electron chi connectivity index (χ0n) is 15.2. The summed E-state index contributed by atoms with van der Waals surface area (Å²) in [4.78, 5) is 41.8. The SMILES string of the molecule is Cc1cc([N+](=O)[O-])cc2c1N(C)C(=O)/C2=C1\SC(=Nc2ccc(F)cc2)NC1=O. The number of aryl methyl sites for hydroxylation is 1. The predicted molar refractivity (Wildman–Crippen MR) is 107 cm³/mol. The fraction of sp³-hybridized carbons (Fsp3) is 0.105. The number of likely N-dealkylation sites (N-methyl/N-ethyl adjacent to an activating group) is 1. The molecule has 2 heterocycles. The Morgan fingerprint density at radius 1 is 1.21 bits per heavy atom. The molecule has 0 radical (unpaired) electrons. The quantitative estimate of drug-likeness (QED) is 0.463. The van der Waals surface area contributed by atoms with E-state index in [1.165, 1.54) is 41.3 Å². The zero-order chi connectivity index (χ0) is 20.9. The number of benzene rings is 2. The number of non-ortho nitro benzene ring substituents is 1. The molecule has 2 aliphatic heterocycles. The maximum atomic E-state index is 13.1. The molecule has 1 N–H and O–H groups in total. The van der Waals surface area contributed by atoms with Gasteiger partial charge in [-0.2, -0.15) is 0 Å². The van der Waals surface area contributed by atoms with Crippen molar-refractivity contribution in [3.8, 4) is 0 Å². The minimum Gasteiger partial charge on any atom is -0.310 e. The molecule has 0 aliphatic carbocycles. The lowest BCUT2D eigenvalue weighted by molar-refractivity contribution is -0.384. The van der Waals surface area contributed by atoms with E-state index in [9.17, 15) is 24.1 Å². The lowest BCUT2D eigenvalue weighted by Gasteiger charge is -2.11. The van der Waals surface area contributed by atoms with Gasteiger partial charge >= 0.3 is 0 Å². The smallest absolute Gasteiger partial charge is 0.270 e. The van der Waals surface area contributed by atoms with Crippen LogP contribution in [0.5, 0.6) is 0 Å². The van der Waals surface area contributed by atoms with E-state index in [-0.39, 0.29) is 21.3 Å². The molecule has 0 aromatic heterocycles. The van der Waals surface area contributed by atoms with Gasteiger partial charge in [-0.1, -0.05) is 0 Å². The monoisotopic (exact) mass is 412 g/mol. The molecular weight excluding hydrogens is 399 g/mol. The number of amides is 2. The average Bonchev–Trinajstić information content (AvgIpc) is 3.14. The Morgan fingerprint density at radius 3 is 2.55 bits per heavy atom. The first-order valence-corrected chi connectivity index (χ1v) is 9.23. The normalized spacial score (nSPS) is 19.7. The van der Waals surface area contributed by atoms with Gasteiger partial charge in [-0.3, -0.25) is 19.7 Å². The Bertz CT molecular complexity index is 1160. The van der Waals surface area contributed by atoms with Gasteiger partial charge in [0.05, 0.1) is 26.8 Å². The molecule has 2 amide bonds. The van der Waals surface area contributed by atoms with Crippen LogP contribution in [0.2, 0.25) is 0 Å². The number of hydrogen-bond acceptors (Lipinski definition) is 6. The first kappa shape index (κ1) is 18.8. The highest BCUT2D eigenvalue weighted by Crippen LogP contribution is 2.45. The maximum absolute atomic E-state index is 13.1. The van der Waals surface area contributed by atoms with E-state index in [1.807, 2.05) is 0 Å². The standard InChI is InChI=1S/C19H13FN4O4S/c1-9-7-12(24(27)28)8-13-14(18(26)23(2)15(9)13)16-17(25)22-19(29-16)21-11-5-3-10(20)4-6-11/h3-8H,1-2H3,(H,21,22,25)/b16-14-. The Kier molecular flexibility index (Phi) is 4.42. The fourth-order valence-corrected chi connectivity index (χ4v) is 4.21. The predicted octanol–water partition coefficient (Wildman–Crippen LogP) is 3.28. The molecule has 1 saturated heterocycles. The summed E-state index contributed by atoms with van der Waals surface area (Å²) >= 11 is 0.962. The molecular formula is C19H13FN4O4S. The lowest BCUT2D eigenvalue weighted by Crippen LogP contribution is -2.23. The van der Waals surface area contributed by atoms with Crippen molar-refractivity contribution in [2.24, 2.45) is 4.99 Å².